The predicted octanol–water partition coefficient (Wildman–Crippen LogP) is -0.244. The van der Waals surface area contributed by atoms with Gasteiger partial charge in [0.15, 0.2) is 0 Å². The predicted molar refractivity (Wildman–Crippen MR) is 58.9 cm³/mol. The molecule has 0 unspecified atom stereocenters. The van der Waals surface area contributed by atoms with E-state index in [4.69, 9.17) is 4.74 Å². The van der Waals surface area contributed by atoms with Crippen LogP contribution in [0.2, 0.25) is 0 Å². The van der Waals surface area contributed by atoms with Crippen molar-refractivity contribution in [1.82, 2.24) is 4.90 Å². The summed E-state index contributed by atoms with van der Waals surface area (Å²) in [6, 6.07) is -0.336. The number of β-amino-alcohol motifs (C(OH)–C–C–N with tert-alkyl or cyclic N) is 2. The van der Waals surface area contributed by atoms with Crippen LogP contribution < -0.4 is 0 Å². The topological polar surface area (TPSA) is 70.0 Å². The molecule has 3 atom stereocenters. The van der Waals surface area contributed by atoms with Gasteiger partial charge in [-0.25, -0.2) is 0 Å². The van der Waals surface area contributed by atoms with Gasteiger partial charge >= 0.3 is 5.97 Å². The lowest BCUT2D eigenvalue weighted by atomic mass is 10.1. The molecule has 0 aromatic carbocycles. The van der Waals surface area contributed by atoms with E-state index < -0.39 is 12.2 Å². The van der Waals surface area contributed by atoms with E-state index in [9.17, 15) is 15.0 Å². The maximum atomic E-state index is 11.7. The van der Waals surface area contributed by atoms with Crippen LogP contribution in [0.1, 0.15) is 26.7 Å². The quantitative estimate of drug-likeness (QED) is 0.639. The highest BCUT2D eigenvalue weighted by atomic mass is 16.5. The van der Waals surface area contributed by atoms with Crippen molar-refractivity contribution in [3.8, 4) is 0 Å². The number of hydrogen-bond donors (Lipinski definition) is 2. The van der Waals surface area contributed by atoms with E-state index in [2.05, 4.69) is 0 Å². The van der Waals surface area contributed by atoms with E-state index in [0.29, 0.717) is 26.1 Å². The second-order valence-corrected chi connectivity index (χ2v) is 4.15. The van der Waals surface area contributed by atoms with Crippen LogP contribution in [0.25, 0.3) is 0 Å². The Hall–Kier alpha value is -0.650. The van der Waals surface area contributed by atoms with Gasteiger partial charge in [-0.1, -0.05) is 13.3 Å². The lowest BCUT2D eigenvalue weighted by Crippen LogP contribution is -2.41. The summed E-state index contributed by atoms with van der Waals surface area (Å²) in [6.45, 7) is 4.80. The molecule has 2 N–H and O–H groups in total. The highest BCUT2D eigenvalue weighted by Gasteiger charge is 2.36. The molecule has 0 amide bonds. The Morgan fingerprint density at radius 1 is 1.38 bits per heavy atom. The highest BCUT2D eigenvalue weighted by molar-refractivity contribution is 5.75. The van der Waals surface area contributed by atoms with Gasteiger partial charge in [-0.15, -0.1) is 0 Å². The summed E-state index contributed by atoms with van der Waals surface area (Å²) in [5.41, 5.74) is 0. The molecule has 0 bridgehead atoms. The number of likely N-dealkylation sites (tertiary alicyclic amines) is 1. The Labute approximate surface area is 96.0 Å². The molecule has 0 spiro atoms. The van der Waals surface area contributed by atoms with Crippen LogP contribution in [-0.2, 0) is 9.53 Å². The fourth-order valence-corrected chi connectivity index (χ4v) is 2.01. The van der Waals surface area contributed by atoms with Crippen molar-refractivity contribution in [2.75, 3.05) is 19.7 Å². The second kappa shape index (κ2) is 6.18. The summed E-state index contributed by atoms with van der Waals surface area (Å²) >= 11 is 0. The number of esters is 1. The summed E-state index contributed by atoms with van der Waals surface area (Å²) in [4.78, 5) is 13.5. The van der Waals surface area contributed by atoms with Crippen LogP contribution in [0, 0.1) is 0 Å². The Morgan fingerprint density at radius 2 is 1.94 bits per heavy atom. The monoisotopic (exact) mass is 231 g/mol. The molecule has 5 heteroatoms. The number of nitrogens with zero attached hydrogens (tertiary/aromatic N) is 1. The molecule has 5 nitrogen and oxygen atoms in total. The summed E-state index contributed by atoms with van der Waals surface area (Å²) in [5.74, 6) is -0.259. The zero-order chi connectivity index (χ0) is 12.1. The summed E-state index contributed by atoms with van der Waals surface area (Å²) in [7, 11) is 0. The summed E-state index contributed by atoms with van der Waals surface area (Å²) < 4.78 is 5.00. The first-order valence-corrected chi connectivity index (χ1v) is 5.86. The van der Waals surface area contributed by atoms with Crippen LogP contribution in [0.15, 0.2) is 0 Å². The fourth-order valence-electron chi connectivity index (χ4n) is 2.01. The smallest absolute Gasteiger partial charge is 0.323 e. The largest absolute Gasteiger partial charge is 0.465 e. The lowest BCUT2D eigenvalue weighted by Gasteiger charge is -2.25. The van der Waals surface area contributed by atoms with Gasteiger partial charge in [0, 0.05) is 13.1 Å². The van der Waals surface area contributed by atoms with Crippen LogP contribution in [0.5, 0.6) is 0 Å². The van der Waals surface area contributed by atoms with E-state index in [1.54, 1.807) is 11.8 Å². The third-order valence-corrected chi connectivity index (χ3v) is 2.85. The van der Waals surface area contributed by atoms with Crippen molar-refractivity contribution in [3.05, 3.63) is 0 Å². The second-order valence-electron chi connectivity index (χ2n) is 4.15. The maximum Gasteiger partial charge on any atom is 0.323 e. The van der Waals surface area contributed by atoms with Gasteiger partial charge in [-0.05, 0) is 13.3 Å². The van der Waals surface area contributed by atoms with Crippen molar-refractivity contribution in [2.45, 2.75) is 44.9 Å². The van der Waals surface area contributed by atoms with Crippen molar-refractivity contribution >= 4 is 5.97 Å². The van der Waals surface area contributed by atoms with Gasteiger partial charge in [0.25, 0.3) is 0 Å². The number of aliphatic hydroxyl groups is 2. The number of aliphatic hydroxyl groups excluding tert-OH is 2. The molecule has 0 aromatic rings. The lowest BCUT2D eigenvalue weighted by molar-refractivity contribution is -0.149. The molecular weight excluding hydrogens is 210 g/mol. The van der Waals surface area contributed by atoms with Gasteiger partial charge in [0.05, 0.1) is 18.8 Å². The van der Waals surface area contributed by atoms with Crippen LogP contribution >= 0.6 is 0 Å². The SMILES string of the molecule is CCC[C@@H](C(=O)OCC)N1C[C@@H](O)[C@@H](O)C1. The molecule has 1 fully saturated rings. The minimum atomic E-state index is -0.756. The number of carbonyl (C=O) groups is 1. The minimum absolute atomic E-state index is 0.259. The van der Waals surface area contributed by atoms with Gasteiger partial charge < -0.3 is 14.9 Å². The van der Waals surface area contributed by atoms with Crippen molar-refractivity contribution in [3.63, 3.8) is 0 Å². The maximum absolute atomic E-state index is 11.7. The third kappa shape index (κ3) is 3.17. The average Bonchev–Trinajstić information content (AvgIpc) is 2.55. The molecule has 1 saturated heterocycles. The molecule has 1 aliphatic rings. The van der Waals surface area contributed by atoms with Crippen molar-refractivity contribution in [1.29, 1.82) is 0 Å². The first kappa shape index (κ1) is 13.4. The zero-order valence-corrected chi connectivity index (χ0v) is 9.93. The first-order valence-electron chi connectivity index (χ1n) is 5.86. The molecular formula is C11H21NO4. The Bertz CT molecular complexity index is 224. The van der Waals surface area contributed by atoms with Gasteiger partial charge in [0.1, 0.15) is 6.04 Å². The Morgan fingerprint density at radius 3 is 2.38 bits per heavy atom. The molecule has 1 aliphatic heterocycles. The van der Waals surface area contributed by atoms with Gasteiger partial charge in [-0.3, -0.25) is 9.69 Å². The molecule has 1 rings (SSSR count). The van der Waals surface area contributed by atoms with E-state index in [0.717, 1.165) is 6.42 Å². The summed E-state index contributed by atoms with van der Waals surface area (Å²) in [6.07, 6.45) is 0.0485. The van der Waals surface area contributed by atoms with Crippen LogP contribution in [-0.4, -0.2) is 59.0 Å². The van der Waals surface area contributed by atoms with E-state index >= 15 is 0 Å². The number of rotatable bonds is 5. The molecule has 94 valence electrons. The van der Waals surface area contributed by atoms with Gasteiger partial charge in [0.2, 0.25) is 0 Å². The van der Waals surface area contributed by atoms with Gasteiger partial charge in [-0.2, -0.15) is 0 Å². The van der Waals surface area contributed by atoms with E-state index in [-0.39, 0.29) is 12.0 Å². The van der Waals surface area contributed by atoms with Crippen LogP contribution in [0.3, 0.4) is 0 Å². The number of carbonyl (C=O) groups excluding carboxylic acids is 1. The minimum Gasteiger partial charge on any atom is -0.465 e. The van der Waals surface area contributed by atoms with Crippen LogP contribution in [0.4, 0.5) is 0 Å². The third-order valence-electron chi connectivity index (χ3n) is 2.85. The highest BCUT2D eigenvalue weighted by Crippen LogP contribution is 2.17. The normalized spacial score (nSPS) is 28.0. The standard InChI is InChI=1S/C11H21NO4/c1-3-5-8(11(15)16-4-2)12-6-9(13)10(14)7-12/h8-10,13-14H,3-7H2,1-2H3/t8-,9-,10+/m0/s1. The number of ether oxygens (including phenoxy) is 1. The molecule has 0 saturated carbocycles. The van der Waals surface area contributed by atoms with E-state index in [1.807, 2.05) is 6.92 Å². The summed E-state index contributed by atoms with van der Waals surface area (Å²) in [5, 5.41) is 18.9. The fraction of sp³-hybridized carbons (Fsp3) is 0.909. The zero-order valence-electron chi connectivity index (χ0n) is 9.93. The number of hydrogen-bond acceptors (Lipinski definition) is 5. The van der Waals surface area contributed by atoms with Crippen molar-refractivity contribution in [2.24, 2.45) is 0 Å². The molecule has 1 heterocycles. The van der Waals surface area contributed by atoms with Crippen molar-refractivity contribution < 1.29 is 19.7 Å². The Balaban J connectivity index is 2.60. The van der Waals surface area contributed by atoms with E-state index in [1.165, 1.54) is 0 Å². The molecule has 0 aliphatic carbocycles. The Kier molecular flexibility index (Phi) is 5.18. The molecule has 0 aromatic heterocycles. The average molecular weight is 231 g/mol. The molecule has 0 radical (unpaired) electrons. The molecule has 16 heavy (non-hydrogen) atoms. The first-order chi connectivity index (χ1) is 7.60.